The summed E-state index contributed by atoms with van der Waals surface area (Å²) >= 11 is 18.8. The molecule has 3 aromatic carbocycles. The van der Waals surface area contributed by atoms with Crippen LogP contribution in [0.4, 0.5) is 5.69 Å². The molecular weight excluding hydrogens is 609 g/mol. The van der Waals surface area contributed by atoms with Crippen LogP contribution in [0.2, 0.25) is 15.1 Å². The Balaban J connectivity index is 2.12. The fourth-order valence-electron chi connectivity index (χ4n) is 4.03. The number of hydrogen-bond donors (Lipinski definition) is 1. The number of nitrogens with zero attached hydrogens (tertiary/aromatic N) is 2. The zero-order valence-electron chi connectivity index (χ0n) is 23.1. The largest absolute Gasteiger partial charge is 0.492 e. The summed E-state index contributed by atoms with van der Waals surface area (Å²) in [5.74, 6) is -0.804. The molecule has 0 radical (unpaired) electrons. The van der Waals surface area contributed by atoms with Crippen molar-refractivity contribution in [3.63, 3.8) is 0 Å². The van der Waals surface area contributed by atoms with Crippen LogP contribution in [0.5, 0.6) is 5.75 Å². The van der Waals surface area contributed by atoms with E-state index in [1.165, 1.54) is 29.2 Å². The first kappa shape index (κ1) is 32.5. The molecule has 41 heavy (non-hydrogen) atoms. The zero-order chi connectivity index (χ0) is 30.3. The van der Waals surface area contributed by atoms with Crippen molar-refractivity contribution < 1.29 is 22.7 Å². The van der Waals surface area contributed by atoms with Crippen molar-refractivity contribution in [2.45, 2.75) is 51.2 Å². The van der Waals surface area contributed by atoms with Crippen LogP contribution in [0.25, 0.3) is 0 Å². The molecule has 1 N–H and O–H groups in total. The van der Waals surface area contributed by atoms with Gasteiger partial charge >= 0.3 is 0 Å². The van der Waals surface area contributed by atoms with Gasteiger partial charge in [0.25, 0.3) is 10.0 Å². The van der Waals surface area contributed by atoms with E-state index in [-0.39, 0.29) is 35.5 Å². The molecule has 3 rings (SSSR count). The summed E-state index contributed by atoms with van der Waals surface area (Å²) < 4.78 is 34.7. The zero-order valence-corrected chi connectivity index (χ0v) is 26.2. The molecule has 220 valence electrons. The monoisotopic (exact) mass is 639 g/mol. The van der Waals surface area contributed by atoms with Crippen molar-refractivity contribution >= 4 is 62.3 Å². The first-order chi connectivity index (χ1) is 19.4. The third-order valence-electron chi connectivity index (χ3n) is 6.10. The highest BCUT2D eigenvalue weighted by molar-refractivity contribution is 7.92. The van der Waals surface area contributed by atoms with Crippen molar-refractivity contribution in [1.82, 2.24) is 10.2 Å². The molecule has 0 saturated heterocycles. The van der Waals surface area contributed by atoms with Gasteiger partial charge in [-0.05, 0) is 76.2 Å². The molecule has 0 bridgehead atoms. The minimum Gasteiger partial charge on any atom is -0.492 e. The number of anilines is 1. The Morgan fingerprint density at radius 2 is 1.51 bits per heavy atom. The second-order valence-corrected chi connectivity index (χ2v) is 12.5. The number of amides is 2. The van der Waals surface area contributed by atoms with Crippen molar-refractivity contribution in [2.24, 2.45) is 0 Å². The summed E-state index contributed by atoms with van der Waals surface area (Å²) in [6, 6.07) is 15.9. The van der Waals surface area contributed by atoms with Crippen molar-refractivity contribution in [2.75, 3.05) is 17.5 Å². The van der Waals surface area contributed by atoms with Crippen LogP contribution in [0.1, 0.15) is 33.3 Å². The van der Waals surface area contributed by atoms with Crippen LogP contribution in [0.15, 0.2) is 71.6 Å². The minimum atomic E-state index is -4.30. The number of benzene rings is 3. The molecule has 0 aliphatic heterocycles. The molecule has 1 atom stereocenters. The number of hydrogen-bond acceptors (Lipinski definition) is 5. The Bertz CT molecular complexity index is 1460. The van der Waals surface area contributed by atoms with Gasteiger partial charge in [-0.15, -0.1) is 0 Å². The molecule has 3 aromatic rings. The molecule has 0 saturated carbocycles. The molecule has 2 amide bonds. The van der Waals surface area contributed by atoms with E-state index in [4.69, 9.17) is 39.5 Å². The van der Waals surface area contributed by atoms with Crippen molar-refractivity contribution in [1.29, 1.82) is 0 Å². The first-order valence-corrected chi connectivity index (χ1v) is 15.5. The molecule has 0 spiro atoms. The predicted molar refractivity (Wildman–Crippen MR) is 163 cm³/mol. The van der Waals surface area contributed by atoms with Crippen molar-refractivity contribution in [3.05, 3.63) is 87.4 Å². The maximum atomic E-state index is 14.1. The first-order valence-electron chi connectivity index (χ1n) is 12.9. The maximum absolute atomic E-state index is 14.1. The number of halogens is 3. The highest BCUT2D eigenvalue weighted by Gasteiger charge is 2.34. The molecular formula is C29H32Cl3N3O5S. The Labute approximate surface area is 256 Å². The number of rotatable bonds is 12. The van der Waals surface area contributed by atoms with Crippen molar-refractivity contribution in [3.8, 4) is 5.75 Å². The third-order valence-corrected chi connectivity index (χ3v) is 8.84. The van der Waals surface area contributed by atoms with Gasteiger partial charge in [-0.2, -0.15) is 0 Å². The number of carbonyl (C=O) groups excluding carboxylic acids is 2. The molecule has 0 fully saturated rings. The van der Waals surface area contributed by atoms with Gasteiger partial charge in [-0.3, -0.25) is 13.9 Å². The van der Waals surface area contributed by atoms with E-state index in [1.807, 2.05) is 0 Å². The molecule has 12 heteroatoms. The minimum absolute atomic E-state index is 0.0766. The molecule has 0 aliphatic carbocycles. The fraction of sp³-hybridized carbons (Fsp3) is 0.310. The van der Waals surface area contributed by atoms with E-state index < -0.39 is 34.4 Å². The van der Waals surface area contributed by atoms with E-state index in [1.54, 1.807) is 70.2 Å². The Morgan fingerprint density at radius 1 is 0.902 bits per heavy atom. The average molecular weight is 641 g/mol. The Kier molecular flexibility index (Phi) is 11.3. The van der Waals surface area contributed by atoms with Crippen LogP contribution in [0, 0.1) is 0 Å². The van der Waals surface area contributed by atoms with Crippen LogP contribution < -0.4 is 14.4 Å². The van der Waals surface area contributed by atoms with E-state index in [0.29, 0.717) is 20.6 Å². The average Bonchev–Trinajstić information content (AvgIpc) is 2.91. The third kappa shape index (κ3) is 8.07. The van der Waals surface area contributed by atoms with Gasteiger partial charge in [-0.25, -0.2) is 8.42 Å². The standard InChI is InChI=1S/C29H32Cl3N3O5S/c1-5-40-27-12-7-6-11-26(27)35(41(38,39)22-15-13-21(30)14-16-22)18-28(36)34(20(4)29(37)33-19(2)3)17-23-24(31)9-8-10-25(23)32/h6-16,19-20H,5,17-18H2,1-4H3,(H,33,37). The molecule has 8 nitrogen and oxygen atoms in total. The summed E-state index contributed by atoms with van der Waals surface area (Å²) in [7, 11) is -4.30. The molecule has 0 heterocycles. The number of sulfonamides is 1. The lowest BCUT2D eigenvalue weighted by atomic mass is 10.1. The van der Waals surface area contributed by atoms with Gasteiger partial charge in [0.2, 0.25) is 11.8 Å². The Hall–Kier alpha value is -2.98. The smallest absolute Gasteiger partial charge is 0.264 e. The second kappa shape index (κ2) is 14.3. The van der Waals surface area contributed by atoms with Gasteiger partial charge in [0.15, 0.2) is 0 Å². The predicted octanol–water partition coefficient (Wildman–Crippen LogP) is 6.18. The summed E-state index contributed by atoms with van der Waals surface area (Å²) in [5, 5.41) is 3.77. The molecule has 0 aromatic heterocycles. The summed E-state index contributed by atoms with van der Waals surface area (Å²) in [6.07, 6.45) is 0. The van der Waals surface area contributed by atoms with Gasteiger partial charge in [0.05, 0.1) is 17.2 Å². The topological polar surface area (TPSA) is 96.0 Å². The maximum Gasteiger partial charge on any atom is 0.264 e. The van der Waals surface area contributed by atoms with E-state index in [0.717, 1.165) is 4.31 Å². The summed E-state index contributed by atoms with van der Waals surface area (Å²) in [5.41, 5.74) is 0.586. The molecule has 0 aliphatic rings. The lowest BCUT2D eigenvalue weighted by Gasteiger charge is -2.33. The molecule has 1 unspecified atom stereocenters. The number of carbonyl (C=O) groups is 2. The normalized spacial score (nSPS) is 12.1. The van der Waals surface area contributed by atoms with Crippen LogP contribution >= 0.6 is 34.8 Å². The SMILES string of the molecule is CCOc1ccccc1N(CC(=O)N(Cc1c(Cl)cccc1Cl)C(C)C(=O)NC(C)C)S(=O)(=O)c1ccc(Cl)cc1. The quantitative estimate of drug-likeness (QED) is 0.255. The lowest BCUT2D eigenvalue weighted by molar-refractivity contribution is -0.139. The fourth-order valence-corrected chi connectivity index (χ4v) is 6.10. The van der Waals surface area contributed by atoms with E-state index >= 15 is 0 Å². The van der Waals surface area contributed by atoms with Crippen LogP contribution in [-0.2, 0) is 26.2 Å². The van der Waals surface area contributed by atoms with E-state index in [9.17, 15) is 18.0 Å². The van der Waals surface area contributed by atoms with Gasteiger partial charge < -0.3 is 15.0 Å². The van der Waals surface area contributed by atoms with Crippen LogP contribution in [0.3, 0.4) is 0 Å². The number of ether oxygens (including phenoxy) is 1. The van der Waals surface area contributed by atoms with Gasteiger partial charge in [0, 0.05) is 33.2 Å². The number of para-hydroxylation sites is 2. The van der Waals surface area contributed by atoms with Crippen LogP contribution in [-0.4, -0.2) is 50.4 Å². The summed E-state index contributed by atoms with van der Waals surface area (Å²) in [6.45, 7) is 6.42. The van der Waals surface area contributed by atoms with Gasteiger partial charge in [-0.1, -0.05) is 53.0 Å². The number of nitrogens with one attached hydrogen (secondary N) is 1. The highest BCUT2D eigenvalue weighted by Crippen LogP contribution is 2.33. The lowest BCUT2D eigenvalue weighted by Crippen LogP contribution is -2.52. The summed E-state index contributed by atoms with van der Waals surface area (Å²) in [4.78, 5) is 28.3. The Morgan fingerprint density at radius 3 is 2.10 bits per heavy atom. The van der Waals surface area contributed by atoms with Gasteiger partial charge in [0.1, 0.15) is 18.3 Å². The van der Waals surface area contributed by atoms with E-state index in [2.05, 4.69) is 5.32 Å². The second-order valence-electron chi connectivity index (χ2n) is 9.43. The highest BCUT2D eigenvalue weighted by atomic mass is 35.5.